The fraction of sp³-hybridized carbons (Fsp3) is 0.375. The number of aliphatic hydroxyl groups excluding tert-OH is 1. The number of hydrogen-bond donors (Lipinski definition) is 2. The molecule has 3 amide bonds. The summed E-state index contributed by atoms with van der Waals surface area (Å²) in [7, 11) is 1.76. The molecule has 0 aromatic heterocycles. The number of carbonyl (C=O) groups is 2. The number of aliphatic hydroxyl groups is 1. The Hall–Kier alpha value is -3.68. The predicted octanol–water partition coefficient (Wildman–Crippen LogP) is 5.11. The third-order valence-electron chi connectivity index (χ3n) is 7.53. The molecule has 0 bridgehead atoms. The summed E-state index contributed by atoms with van der Waals surface area (Å²) in [5, 5.41) is 13.1. The minimum atomic E-state index is -0.377. The number of benzene rings is 3. The van der Waals surface area contributed by atoms with Gasteiger partial charge in [-0.15, -0.1) is 0 Å². The Morgan fingerprint density at radius 2 is 1.62 bits per heavy atom. The Balaban J connectivity index is 1.61. The van der Waals surface area contributed by atoms with Crippen LogP contribution in [0.1, 0.15) is 48.3 Å². The van der Waals surface area contributed by atoms with Gasteiger partial charge in [0.05, 0.1) is 31.4 Å². The van der Waals surface area contributed by atoms with Gasteiger partial charge in [-0.2, -0.15) is 0 Å². The van der Waals surface area contributed by atoms with Crippen molar-refractivity contribution >= 4 is 11.9 Å². The van der Waals surface area contributed by atoms with Crippen molar-refractivity contribution in [3.63, 3.8) is 0 Å². The molecule has 7 heteroatoms. The maximum atomic E-state index is 13.9. The van der Waals surface area contributed by atoms with Crippen LogP contribution in [0, 0.1) is 5.92 Å². The molecule has 2 N–H and O–H groups in total. The Labute approximate surface area is 231 Å². The Bertz CT molecular complexity index is 1270. The number of amides is 3. The van der Waals surface area contributed by atoms with Crippen LogP contribution in [0.2, 0.25) is 0 Å². The SMILES string of the molecule is C[C@H](NC(=O)N(C)C[C@@H]1OCc2ccccc2-c2ccccc2C(=O)N([C@@H](C)CO)C[C@H]1C)c1ccccc1. The van der Waals surface area contributed by atoms with Gasteiger partial charge in [-0.3, -0.25) is 4.79 Å². The van der Waals surface area contributed by atoms with Crippen molar-refractivity contribution < 1.29 is 19.4 Å². The van der Waals surface area contributed by atoms with E-state index >= 15 is 0 Å². The molecule has 7 nitrogen and oxygen atoms in total. The molecule has 1 aliphatic rings. The van der Waals surface area contributed by atoms with E-state index in [1.807, 2.05) is 99.6 Å². The van der Waals surface area contributed by atoms with Gasteiger partial charge in [-0.25, -0.2) is 4.79 Å². The van der Waals surface area contributed by atoms with Gasteiger partial charge in [0, 0.05) is 31.6 Å². The van der Waals surface area contributed by atoms with Crippen molar-refractivity contribution in [2.75, 3.05) is 26.7 Å². The molecule has 0 saturated heterocycles. The Morgan fingerprint density at radius 3 is 2.31 bits per heavy atom. The molecule has 1 heterocycles. The van der Waals surface area contributed by atoms with E-state index in [0.717, 1.165) is 22.3 Å². The number of nitrogens with zero attached hydrogens (tertiary/aromatic N) is 2. The normalized spacial score (nSPS) is 19.2. The second kappa shape index (κ2) is 12.9. The monoisotopic (exact) mass is 529 g/mol. The summed E-state index contributed by atoms with van der Waals surface area (Å²) in [5.74, 6) is -0.237. The lowest BCUT2D eigenvalue weighted by molar-refractivity contribution is -0.0185. The lowest BCUT2D eigenvalue weighted by Gasteiger charge is -2.35. The number of hydrogen-bond acceptors (Lipinski definition) is 4. The zero-order chi connectivity index (χ0) is 27.9. The lowest BCUT2D eigenvalue weighted by Crippen LogP contribution is -2.49. The highest BCUT2D eigenvalue weighted by molar-refractivity contribution is 6.01. The van der Waals surface area contributed by atoms with Crippen LogP contribution >= 0.6 is 0 Å². The quantitative estimate of drug-likeness (QED) is 0.465. The molecule has 0 aliphatic carbocycles. The highest BCUT2D eigenvalue weighted by atomic mass is 16.5. The smallest absolute Gasteiger partial charge is 0.317 e. The summed E-state index contributed by atoms with van der Waals surface area (Å²) >= 11 is 0. The molecule has 1 aliphatic heterocycles. The molecular weight excluding hydrogens is 490 g/mol. The summed E-state index contributed by atoms with van der Waals surface area (Å²) in [6.07, 6.45) is -0.344. The average Bonchev–Trinajstić information content (AvgIpc) is 2.98. The van der Waals surface area contributed by atoms with Gasteiger partial charge in [0.15, 0.2) is 0 Å². The number of nitrogens with one attached hydrogen (secondary N) is 1. The number of rotatable bonds is 6. The van der Waals surface area contributed by atoms with Crippen LogP contribution in [-0.4, -0.2) is 65.7 Å². The third kappa shape index (κ3) is 6.67. The molecule has 0 saturated carbocycles. The van der Waals surface area contributed by atoms with Crippen molar-refractivity contribution in [1.29, 1.82) is 0 Å². The molecule has 0 spiro atoms. The molecule has 0 unspecified atom stereocenters. The number of carbonyl (C=O) groups excluding carboxylic acids is 2. The molecule has 4 rings (SSSR count). The number of urea groups is 1. The van der Waals surface area contributed by atoms with E-state index in [4.69, 9.17) is 4.74 Å². The Kier molecular flexibility index (Phi) is 9.38. The minimum absolute atomic E-state index is 0.109. The fourth-order valence-corrected chi connectivity index (χ4v) is 5.02. The lowest BCUT2D eigenvalue weighted by atomic mass is 9.94. The summed E-state index contributed by atoms with van der Waals surface area (Å²) < 4.78 is 6.51. The van der Waals surface area contributed by atoms with Crippen LogP contribution in [0.25, 0.3) is 11.1 Å². The summed E-state index contributed by atoms with van der Waals surface area (Å²) in [4.78, 5) is 30.4. The second-order valence-corrected chi connectivity index (χ2v) is 10.5. The van der Waals surface area contributed by atoms with E-state index in [1.54, 1.807) is 16.8 Å². The topological polar surface area (TPSA) is 82.1 Å². The molecule has 0 fully saturated rings. The maximum Gasteiger partial charge on any atom is 0.317 e. The largest absolute Gasteiger partial charge is 0.394 e. The first-order valence-electron chi connectivity index (χ1n) is 13.6. The van der Waals surface area contributed by atoms with Crippen LogP contribution < -0.4 is 5.32 Å². The van der Waals surface area contributed by atoms with Crippen LogP contribution in [0.5, 0.6) is 0 Å². The first kappa shape index (κ1) is 28.3. The molecule has 39 heavy (non-hydrogen) atoms. The van der Waals surface area contributed by atoms with E-state index in [-0.39, 0.29) is 42.7 Å². The first-order chi connectivity index (χ1) is 18.8. The van der Waals surface area contributed by atoms with E-state index in [2.05, 4.69) is 5.32 Å². The van der Waals surface area contributed by atoms with Gasteiger partial charge in [-0.1, -0.05) is 79.7 Å². The maximum absolute atomic E-state index is 13.9. The first-order valence-corrected chi connectivity index (χ1v) is 13.6. The van der Waals surface area contributed by atoms with Gasteiger partial charge in [-0.05, 0) is 42.2 Å². The van der Waals surface area contributed by atoms with Gasteiger partial charge in [0.2, 0.25) is 0 Å². The molecular formula is C32H39N3O4. The number of likely N-dealkylation sites (N-methyl/N-ethyl adjacent to an activating group) is 1. The van der Waals surface area contributed by atoms with Crippen molar-refractivity contribution in [3.8, 4) is 11.1 Å². The van der Waals surface area contributed by atoms with Crippen LogP contribution in [0.4, 0.5) is 4.79 Å². The average molecular weight is 530 g/mol. The number of fused-ring (bicyclic) bond motifs is 3. The van der Waals surface area contributed by atoms with Crippen LogP contribution in [0.15, 0.2) is 78.9 Å². The van der Waals surface area contributed by atoms with E-state index in [9.17, 15) is 14.7 Å². The summed E-state index contributed by atoms with van der Waals surface area (Å²) in [5.41, 5.74) is 4.39. The zero-order valence-electron chi connectivity index (χ0n) is 23.2. The molecule has 4 atom stereocenters. The van der Waals surface area contributed by atoms with Gasteiger partial charge in [0.25, 0.3) is 5.91 Å². The molecule has 0 radical (unpaired) electrons. The molecule has 3 aromatic rings. The minimum Gasteiger partial charge on any atom is -0.394 e. The van der Waals surface area contributed by atoms with Gasteiger partial charge < -0.3 is 25.0 Å². The van der Waals surface area contributed by atoms with Gasteiger partial charge >= 0.3 is 6.03 Å². The fourth-order valence-electron chi connectivity index (χ4n) is 5.02. The van der Waals surface area contributed by atoms with Crippen molar-refractivity contribution in [1.82, 2.24) is 15.1 Å². The summed E-state index contributed by atoms with van der Waals surface area (Å²) in [6, 6.07) is 24.7. The molecule has 206 valence electrons. The third-order valence-corrected chi connectivity index (χ3v) is 7.53. The van der Waals surface area contributed by atoms with E-state index in [0.29, 0.717) is 25.3 Å². The van der Waals surface area contributed by atoms with Crippen molar-refractivity contribution in [3.05, 3.63) is 95.6 Å². The second-order valence-electron chi connectivity index (χ2n) is 10.5. The summed E-state index contributed by atoms with van der Waals surface area (Å²) in [6.45, 7) is 6.76. The van der Waals surface area contributed by atoms with Crippen LogP contribution in [-0.2, 0) is 11.3 Å². The van der Waals surface area contributed by atoms with Crippen LogP contribution in [0.3, 0.4) is 0 Å². The van der Waals surface area contributed by atoms with E-state index < -0.39 is 0 Å². The highest BCUT2D eigenvalue weighted by Gasteiger charge is 2.31. The van der Waals surface area contributed by atoms with Crippen molar-refractivity contribution in [2.24, 2.45) is 5.92 Å². The predicted molar refractivity (Wildman–Crippen MR) is 153 cm³/mol. The van der Waals surface area contributed by atoms with Crippen molar-refractivity contribution in [2.45, 2.75) is 45.6 Å². The standard InChI is InChI=1S/C32H39N3O4/c1-22-18-35(23(2)20-36)31(37)29-17-11-10-16-28(29)27-15-9-8-14-26(27)21-39-30(22)19-34(4)32(38)33-24(3)25-12-6-5-7-13-25/h5-17,22-24,30,36H,18-21H2,1-4H3,(H,33,38)/t22-,23+,24+,30+/m1/s1. The Morgan fingerprint density at radius 1 is 1.00 bits per heavy atom. The number of ether oxygens (including phenoxy) is 1. The van der Waals surface area contributed by atoms with Gasteiger partial charge in [0.1, 0.15) is 0 Å². The molecule has 3 aromatic carbocycles. The zero-order valence-corrected chi connectivity index (χ0v) is 23.2. The van der Waals surface area contributed by atoms with E-state index in [1.165, 1.54) is 0 Å². The highest BCUT2D eigenvalue weighted by Crippen LogP contribution is 2.31.